The largest absolute Gasteiger partial charge is 0.491 e. The quantitative estimate of drug-likeness (QED) is 0.614. The van der Waals surface area contributed by atoms with Crippen molar-refractivity contribution in [3.63, 3.8) is 0 Å². The van der Waals surface area contributed by atoms with E-state index >= 15 is 0 Å². The van der Waals surface area contributed by atoms with Crippen LogP contribution in [0.15, 0.2) is 48.7 Å². The SMILES string of the molecule is CC1CN(c2ccc(C#N)c3ncccc23)CC2COc3cc(N4C[C@@H](F)[C@@H](N)C4)ccc3CN12. The number of piperazine rings is 1. The van der Waals surface area contributed by atoms with Gasteiger partial charge < -0.3 is 20.3 Å². The second-order valence-electron chi connectivity index (χ2n) is 9.91. The first kappa shape index (κ1) is 22.1. The van der Waals surface area contributed by atoms with E-state index in [0.717, 1.165) is 53.2 Å². The maximum atomic E-state index is 14.0. The molecule has 2 unspecified atom stereocenters. The summed E-state index contributed by atoms with van der Waals surface area (Å²) in [6, 6.07) is 16.4. The minimum atomic E-state index is -0.996. The van der Waals surface area contributed by atoms with E-state index < -0.39 is 12.2 Å². The van der Waals surface area contributed by atoms with Gasteiger partial charge in [-0.2, -0.15) is 5.26 Å². The van der Waals surface area contributed by atoms with Gasteiger partial charge in [-0.3, -0.25) is 9.88 Å². The Balaban J connectivity index is 1.26. The van der Waals surface area contributed by atoms with E-state index in [4.69, 9.17) is 10.5 Å². The highest BCUT2D eigenvalue weighted by atomic mass is 19.1. The Morgan fingerprint density at radius 2 is 2.00 bits per heavy atom. The molecule has 0 spiro atoms. The zero-order valence-corrected chi connectivity index (χ0v) is 19.8. The molecule has 0 amide bonds. The molecule has 2 N–H and O–H groups in total. The summed E-state index contributed by atoms with van der Waals surface area (Å²) in [6.07, 6.45) is 0.742. The summed E-state index contributed by atoms with van der Waals surface area (Å²) in [4.78, 5) is 11.4. The average Bonchev–Trinajstić information content (AvgIpc) is 3.10. The minimum Gasteiger partial charge on any atom is -0.491 e. The van der Waals surface area contributed by atoms with Crippen LogP contribution in [0.3, 0.4) is 0 Å². The fourth-order valence-corrected chi connectivity index (χ4v) is 5.76. The molecule has 2 aromatic carbocycles. The van der Waals surface area contributed by atoms with Crippen molar-refractivity contribution in [3.05, 3.63) is 59.8 Å². The fraction of sp³-hybridized carbons (Fsp3) is 0.407. The molecule has 3 aliphatic rings. The lowest BCUT2D eigenvalue weighted by atomic mass is 10.0. The molecular weight excluding hydrogens is 443 g/mol. The lowest BCUT2D eigenvalue weighted by Crippen LogP contribution is -2.58. The van der Waals surface area contributed by atoms with Gasteiger partial charge in [-0.25, -0.2) is 4.39 Å². The number of nitrogens with zero attached hydrogens (tertiary/aromatic N) is 5. The monoisotopic (exact) mass is 472 g/mol. The molecule has 4 heterocycles. The van der Waals surface area contributed by atoms with Crippen molar-refractivity contribution in [2.24, 2.45) is 5.73 Å². The van der Waals surface area contributed by atoms with E-state index in [2.05, 4.69) is 39.9 Å². The van der Waals surface area contributed by atoms with E-state index in [0.29, 0.717) is 31.3 Å². The number of anilines is 2. The summed E-state index contributed by atoms with van der Waals surface area (Å²) in [5.74, 6) is 0.875. The maximum Gasteiger partial charge on any atom is 0.134 e. The van der Waals surface area contributed by atoms with Gasteiger partial charge in [-0.1, -0.05) is 6.07 Å². The third-order valence-electron chi connectivity index (χ3n) is 7.65. The van der Waals surface area contributed by atoms with Crippen molar-refractivity contribution in [1.82, 2.24) is 9.88 Å². The van der Waals surface area contributed by atoms with E-state index in [-0.39, 0.29) is 6.04 Å². The number of pyridine rings is 1. The van der Waals surface area contributed by atoms with Crippen LogP contribution in [-0.2, 0) is 6.54 Å². The molecule has 35 heavy (non-hydrogen) atoms. The molecule has 6 rings (SSSR count). The molecule has 2 saturated heterocycles. The number of nitrogens with two attached hydrogens (primary N) is 1. The number of aromatic nitrogens is 1. The Hall–Kier alpha value is -3.41. The van der Waals surface area contributed by atoms with Crippen LogP contribution in [0.2, 0.25) is 0 Å². The number of rotatable bonds is 2. The molecule has 0 aliphatic carbocycles. The van der Waals surface area contributed by atoms with Crippen molar-refractivity contribution < 1.29 is 9.13 Å². The molecule has 0 radical (unpaired) electrons. The smallest absolute Gasteiger partial charge is 0.134 e. The molecule has 3 aliphatic heterocycles. The van der Waals surface area contributed by atoms with Gasteiger partial charge in [-0.05, 0) is 37.3 Å². The Morgan fingerprint density at radius 3 is 2.80 bits per heavy atom. The molecule has 0 saturated carbocycles. The molecule has 2 fully saturated rings. The van der Waals surface area contributed by atoms with E-state index in [9.17, 15) is 9.65 Å². The topological polar surface area (TPSA) is 81.7 Å². The highest BCUT2D eigenvalue weighted by Gasteiger charge is 2.36. The summed E-state index contributed by atoms with van der Waals surface area (Å²) >= 11 is 0. The number of alkyl halides is 1. The molecular formula is C27H29FN6O. The van der Waals surface area contributed by atoms with Crippen LogP contribution < -0.4 is 20.3 Å². The van der Waals surface area contributed by atoms with Crippen LogP contribution in [0, 0.1) is 11.3 Å². The number of halogens is 1. The van der Waals surface area contributed by atoms with Gasteiger partial charge in [0.1, 0.15) is 24.6 Å². The van der Waals surface area contributed by atoms with Crippen LogP contribution in [0.25, 0.3) is 10.9 Å². The number of benzene rings is 2. The van der Waals surface area contributed by atoms with Gasteiger partial charge in [0, 0.05) is 66.8 Å². The fourth-order valence-electron chi connectivity index (χ4n) is 5.76. The lowest BCUT2D eigenvalue weighted by molar-refractivity contribution is 0.0892. The normalized spacial score (nSPS) is 26.6. The van der Waals surface area contributed by atoms with Crippen LogP contribution in [0.4, 0.5) is 15.8 Å². The lowest BCUT2D eigenvalue weighted by Gasteiger charge is -2.45. The molecule has 4 atom stereocenters. The second-order valence-corrected chi connectivity index (χ2v) is 9.91. The van der Waals surface area contributed by atoms with Crippen LogP contribution in [-0.4, -0.2) is 67.0 Å². The van der Waals surface area contributed by atoms with Crippen molar-refractivity contribution in [3.8, 4) is 11.8 Å². The van der Waals surface area contributed by atoms with Gasteiger partial charge in [0.25, 0.3) is 0 Å². The number of hydrogen-bond acceptors (Lipinski definition) is 7. The van der Waals surface area contributed by atoms with Crippen molar-refractivity contribution in [2.45, 2.75) is 37.8 Å². The van der Waals surface area contributed by atoms with Gasteiger partial charge in [0.05, 0.1) is 29.7 Å². The molecule has 180 valence electrons. The molecule has 1 aromatic heterocycles. The average molecular weight is 473 g/mol. The molecule has 8 heteroatoms. The van der Waals surface area contributed by atoms with Gasteiger partial charge in [-0.15, -0.1) is 0 Å². The second kappa shape index (κ2) is 8.67. The first-order chi connectivity index (χ1) is 17.0. The van der Waals surface area contributed by atoms with Crippen LogP contribution in [0.5, 0.6) is 5.75 Å². The standard InChI is InChI=1S/C27H29FN6O/c1-17-11-33(25-7-5-18(10-29)27-22(25)3-2-8-31-27)13-21-16-35-26-9-20(6-4-19(26)12-34(17)21)32-14-23(28)24(30)15-32/h2-9,17,21,23-24H,11-16,30H2,1H3/t17?,21?,23-,24+/m1/s1. The summed E-state index contributed by atoms with van der Waals surface area (Å²) in [6.45, 7) is 6.21. The predicted molar refractivity (Wildman–Crippen MR) is 134 cm³/mol. The van der Waals surface area contributed by atoms with E-state index in [1.54, 1.807) is 6.20 Å². The first-order valence-corrected chi connectivity index (χ1v) is 12.2. The molecule has 7 nitrogen and oxygen atoms in total. The third kappa shape index (κ3) is 3.85. The van der Waals surface area contributed by atoms with Crippen LogP contribution in [0.1, 0.15) is 18.1 Å². The van der Waals surface area contributed by atoms with Crippen LogP contribution >= 0.6 is 0 Å². The number of ether oxygens (including phenoxy) is 1. The summed E-state index contributed by atoms with van der Waals surface area (Å²) in [5, 5.41) is 10.5. The van der Waals surface area contributed by atoms with Crippen molar-refractivity contribution in [2.75, 3.05) is 42.6 Å². The zero-order chi connectivity index (χ0) is 24.1. The Morgan fingerprint density at radius 1 is 1.11 bits per heavy atom. The predicted octanol–water partition coefficient (Wildman–Crippen LogP) is 3.06. The van der Waals surface area contributed by atoms with Crippen molar-refractivity contribution >= 4 is 22.3 Å². The number of nitriles is 1. The first-order valence-electron chi connectivity index (χ1n) is 12.2. The summed E-state index contributed by atoms with van der Waals surface area (Å²) in [7, 11) is 0. The summed E-state index contributed by atoms with van der Waals surface area (Å²) < 4.78 is 20.3. The minimum absolute atomic E-state index is 0.215. The maximum absolute atomic E-state index is 14.0. The number of hydrogen-bond donors (Lipinski definition) is 1. The molecule has 0 bridgehead atoms. The van der Waals surface area contributed by atoms with E-state index in [1.165, 1.54) is 0 Å². The van der Waals surface area contributed by atoms with Gasteiger partial charge in [0.2, 0.25) is 0 Å². The summed E-state index contributed by atoms with van der Waals surface area (Å²) in [5.41, 5.74) is 10.5. The Labute approximate surface area is 204 Å². The third-order valence-corrected chi connectivity index (χ3v) is 7.65. The Kier molecular flexibility index (Phi) is 5.47. The highest BCUT2D eigenvalue weighted by Crippen LogP contribution is 2.36. The highest BCUT2D eigenvalue weighted by molar-refractivity contribution is 5.95. The van der Waals surface area contributed by atoms with E-state index in [1.807, 2.05) is 35.2 Å². The number of fused-ring (bicyclic) bond motifs is 3. The van der Waals surface area contributed by atoms with Gasteiger partial charge in [0.15, 0.2) is 0 Å². The molecule has 3 aromatic rings. The van der Waals surface area contributed by atoms with Gasteiger partial charge >= 0.3 is 0 Å². The Bertz CT molecular complexity index is 1300. The van der Waals surface area contributed by atoms with Crippen molar-refractivity contribution in [1.29, 1.82) is 5.26 Å². The zero-order valence-electron chi connectivity index (χ0n) is 19.8.